The Morgan fingerprint density at radius 2 is 1.79 bits per heavy atom. The van der Waals surface area contributed by atoms with Crippen molar-refractivity contribution in [3.63, 3.8) is 0 Å². The van der Waals surface area contributed by atoms with Crippen LogP contribution < -0.4 is 29.6 Å². The molecule has 1 aliphatic carbocycles. The number of hydrogen-bond acceptors (Lipinski definition) is 2. The van der Waals surface area contributed by atoms with Crippen LogP contribution in [0.4, 0.5) is 0 Å². The van der Waals surface area contributed by atoms with E-state index in [1.54, 1.807) is 0 Å². The van der Waals surface area contributed by atoms with Crippen molar-refractivity contribution >= 4 is 11.1 Å². The van der Waals surface area contributed by atoms with Crippen LogP contribution in [0.25, 0.3) is 0 Å². The van der Waals surface area contributed by atoms with Crippen LogP contribution in [-0.2, 0) is 23.9 Å². The third-order valence-corrected chi connectivity index (χ3v) is 3.25. The number of rotatable bonds is 2. The SMILES string of the molecule is O=S([O-])CC1Cc2ccccc2C1.[Na+]. The number of benzene rings is 1. The van der Waals surface area contributed by atoms with Crippen molar-refractivity contribution in [3.05, 3.63) is 35.4 Å². The first-order valence-electron chi connectivity index (χ1n) is 4.38. The molecule has 0 spiro atoms. The van der Waals surface area contributed by atoms with Gasteiger partial charge in [-0.3, -0.25) is 4.21 Å². The summed E-state index contributed by atoms with van der Waals surface area (Å²) in [6.45, 7) is 0. The summed E-state index contributed by atoms with van der Waals surface area (Å²) in [5, 5.41) is 0. The van der Waals surface area contributed by atoms with Gasteiger partial charge in [0.1, 0.15) is 0 Å². The van der Waals surface area contributed by atoms with Gasteiger partial charge in [-0.2, -0.15) is 0 Å². The molecule has 0 saturated heterocycles. The monoisotopic (exact) mass is 218 g/mol. The van der Waals surface area contributed by atoms with E-state index in [1.165, 1.54) is 11.1 Å². The van der Waals surface area contributed by atoms with Crippen molar-refractivity contribution in [2.45, 2.75) is 12.8 Å². The molecule has 2 nitrogen and oxygen atoms in total. The molecule has 0 saturated carbocycles. The minimum Gasteiger partial charge on any atom is -0.772 e. The van der Waals surface area contributed by atoms with Crippen molar-refractivity contribution in [2.24, 2.45) is 5.92 Å². The summed E-state index contributed by atoms with van der Waals surface area (Å²) < 4.78 is 21.0. The first-order chi connectivity index (χ1) is 6.25. The van der Waals surface area contributed by atoms with E-state index in [4.69, 9.17) is 0 Å². The third kappa shape index (κ3) is 2.91. The van der Waals surface area contributed by atoms with Gasteiger partial charge in [-0.15, -0.1) is 0 Å². The minimum atomic E-state index is -1.89. The van der Waals surface area contributed by atoms with Crippen LogP contribution in [0, 0.1) is 5.92 Å². The molecule has 4 heteroatoms. The van der Waals surface area contributed by atoms with Gasteiger partial charge in [-0.05, 0) is 29.9 Å². The Morgan fingerprint density at radius 1 is 1.29 bits per heavy atom. The van der Waals surface area contributed by atoms with E-state index in [2.05, 4.69) is 12.1 Å². The van der Waals surface area contributed by atoms with E-state index >= 15 is 0 Å². The Balaban J connectivity index is 0.000000980. The third-order valence-electron chi connectivity index (χ3n) is 2.51. The maximum Gasteiger partial charge on any atom is 1.00 e. The van der Waals surface area contributed by atoms with Gasteiger partial charge in [-0.1, -0.05) is 35.3 Å². The van der Waals surface area contributed by atoms with Crippen molar-refractivity contribution < 1.29 is 38.3 Å². The van der Waals surface area contributed by atoms with Crippen LogP contribution in [0.5, 0.6) is 0 Å². The molecule has 2 rings (SSSR count). The topological polar surface area (TPSA) is 40.1 Å². The summed E-state index contributed by atoms with van der Waals surface area (Å²) >= 11 is -1.89. The predicted octanol–water partition coefficient (Wildman–Crippen LogP) is -1.72. The van der Waals surface area contributed by atoms with Crippen LogP contribution >= 0.6 is 0 Å². The molecule has 0 fully saturated rings. The summed E-state index contributed by atoms with van der Waals surface area (Å²) in [5.74, 6) is 0.602. The Hall–Kier alpha value is 0.330. The second-order valence-corrected chi connectivity index (χ2v) is 4.45. The maximum absolute atomic E-state index is 10.5. The molecular weight excluding hydrogens is 207 g/mol. The fourth-order valence-electron chi connectivity index (χ4n) is 1.96. The zero-order valence-electron chi connectivity index (χ0n) is 8.23. The standard InChI is InChI=1S/C10H12O2S.Na/c11-13(12)7-8-5-9-3-1-2-4-10(9)6-8;/h1-4,8H,5-7H2,(H,11,12);/q;+1/p-1. The summed E-state index contributed by atoms with van der Waals surface area (Å²) in [6, 6.07) is 8.19. The maximum atomic E-state index is 10.5. The fourth-order valence-corrected chi connectivity index (χ4v) is 2.58. The van der Waals surface area contributed by atoms with Crippen molar-refractivity contribution in [3.8, 4) is 0 Å². The van der Waals surface area contributed by atoms with Crippen LogP contribution in [0.2, 0.25) is 0 Å². The molecule has 1 aromatic carbocycles. The quantitative estimate of drug-likeness (QED) is 0.438. The van der Waals surface area contributed by atoms with Gasteiger partial charge in [0.25, 0.3) is 0 Å². The predicted molar refractivity (Wildman–Crippen MR) is 51.1 cm³/mol. The van der Waals surface area contributed by atoms with E-state index in [1.807, 2.05) is 12.1 Å². The van der Waals surface area contributed by atoms with Gasteiger partial charge in [0.2, 0.25) is 0 Å². The van der Waals surface area contributed by atoms with Gasteiger partial charge in [0.15, 0.2) is 0 Å². The molecule has 0 amide bonds. The van der Waals surface area contributed by atoms with E-state index in [0.717, 1.165) is 12.8 Å². The average molecular weight is 218 g/mol. The molecule has 0 N–H and O–H groups in total. The Labute approximate surface area is 109 Å². The molecular formula is C10H11NaO2S. The van der Waals surface area contributed by atoms with Crippen molar-refractivity contribution in [1.82, 2.24) is 0 Å². The van der Waals surface area contributed by atoms with Crippen LogP contribution in [0.3, 0.4) is 0 Å². The van der Waals surface area contributed by atoms with Gasteiger partial charge in [0, 0.05) is 5.75 Å². The molecule has 0 heterocycles. The second kappa shape index (κ2) is 5.42. The summed E-state index contributed by atoms with van der Waals surface area (Å²) in [4.78, 5) is 0. The molecule has 0 bridgehead atoms. The first-order valence-corrected chi connectivity index (χ1v) is 5.63. The zero-order valence-corrected chi connectivity index (χ0v) is 11.0. The molecule has 1 atom stereocenters. The Kier molecular flexibility index (Phi) is 4.80. The van der Waals surface area contributed by atoms with Gasteiger partial charge in [0.05, 0.1) is 0 Å². The largest absolute Gasteiger partial charge is 1.00 e. The zero-order chi connectivity index (χ0) is 9.26. The molecule has 0 radical (unpaired) electrons. The fraction of sp³-hybridized carbons (Fsp3) is 0.400. The average Bonchev–Trinajstić information content (AvgIpc) is 2.44. The van der Waals surface area contributed by atoms with E-state index in [0.29, 0.717) is 11.7 Å². The molecule has 1 unspecified atom stereocenters. The Bertz CT molecular complexity index is 316. The molecule has 0 aliphatic heterocycles. The minimum absolute atomic E-state index is 0. The first kappa shape index (κ1) is 12.4. The van der Waals surface area contributed by atoms with E-state index in [-0.39, 0.29) is 29.6 Å². The molecule has 1 aliphatic rings. The van der Waals surface area contributed by atoms with Crippen molar-refractivity contribution in [2.75, 3.05) is 5.75 Å². The smallest absolute Gasteiger partial charge is 0.772 e. The number of fused-ring (bicyclic) bond motifs is 1. The molecule has 1 aromatic rings. The van der Waals surface area contributed by atoms with E-state index < -0.39 is 11.1 Å². The van der Waals surface area contributed by atoms with Crippen molar-refractivity contribution in [1.29, 1.82) is 0 Å². The van der Waals surface area contributed by atoms with Gasteiger partial charge in [-0.25, -0.2) is 0 Å². The Morgan fingerprint density at radius 3 is 2.21 bits per heavy atom. The summed E-state index contributed by atoms with van der Waals surface area (Å²) in [7, 11) is 0. The van der Waals surface area contributed by atoms with E-state index in [9.17, 15) is 8.76 Å². The van der Waals surface area contributed by atoms with Crippen LogP contribution in [0.1, 0.15) is 11.1 Å². The molecule has 14 heavy (non-hydrogen) atoms. The molecule has 70 valence electrons. The normalized spacial score (nSPS) is 17.2. The van der Waals surface area contributed by atoms with Gasteiger partial charge < -0.3 is 4.55 Å². The van der Waals surface area contributed by atoms with Gasteiger partial charge >= 0.3 is 29.6 Å². The van der Waals surface area contributed by atoms with Crippen LogP contribution in [-0.4, -0.2) is 14.5 Å². The van der Waals surface area contributed by atoms with Crippen LogP contribution in [0.15, 0.2) is 24.3 Å². The number of hydrogen-bond donors (Lipinski definition) is 0. The summed E-state index contributed by atoms with van der Waals surface area (Å²) in [5.41, 5.74) is 2.64. The molecule has 0 aromatic heterocycles. The summed E-state index contributed by atoms with van der Waals surface area (Å²) in [6.07, 6.45) is 1.84. The second-order valence-electron chi connectivity index (χ2n) is 3.51.